The van der Waals surface area contributed by atoms with E-state index in [0.29, 0.717) is 0 Å². The van der Waals surface area contributed by atoms with E-state index in [1.54, 1.807) is 17.8 Å². The lowest BCUT2D eigenvalue weighted by atomic mass is 10.1. The van der Waals surface area contributed by atoms with Gasteiger partial charge in [-0.25, -0.2) is 4.39 Å². The first kappa shape index (κ1) is 12.9. The highest BCUT2D eigenvalue weighted by atomic mass is 32.2. The van der Waals surface area contributed by atoms with Gasteiger partial charge in [0.05, 0.1) is 10.6 Å². The Labute approximate surface area is 117 Å². The molecule has 0 amide bonds. The van der Waals surface area contributed by atoms with Gasteiger partial charge in [-0.3, -0.25) is 5.01 Å². The Kier molecular flexibility index (Phi) is 3.75. The Morgan fingerprint density at radius 3 is 2.79 bits per heavy atom. The highest BCUT2D eigenvalue weighted by molar-refractivity contribution is 7.99. The lowest BCUT2D eigenvalue weighted by Gasteiger charge is -2.31. The first-order valence-corrected chi connectivity index (χ1v) is 7.65. The molecule has 5 heteroatoms. The van der Waals surface area contributed by atoms with Crippen LogP contribution in [-0.2, 0) is 0 Å². The first-order chi connectivity index (χ1) is 9.24. The smallest absolute Gasteiger partial charge is 0.137 e. The number of likely N-dealkylation sites (N-methyl/N-ethyl adjacent to an activating group) is 1. The number of rotatable bonds is 1. The van der Waals surface area contributed by atoms with Crippen molar-refractivity contribution >= 4 is 17.5 Å². The molecule has 3 rings (SSSR count). The van der Waals surface area contributed by atoms with E-state index in [0.717, 1.165) is 54.5 Å². The van der Waals surface area contributed by atoms with Crippen LogP contribution in [0.1, 0.15) is 12.0 Å². The van der Waals surface area contributed by atoms with Crippen molar-refractivity contribution in [1.29, 1.82) is 0 Å². The van der Waals surface area contributed by atoms with Gasteiger partial charge in [0.25, 0.3) is 0 Å². The van der Waals surface area contributed by atoms with Crippen LogP contribution in [0.3, 0.4) is 0 Å². The van der Waals surface area contributed by atoms with Crippen molar-refractivity contribution in [2.45, 2.75) is 11.3 Å². The average Bonchev–Trinajstić information content (AvgIpc) is 2.43. The third-order valence-electron chi connectivity index (χ3n) is 3.60. The van der Waals surface area contributed by atoms with Crippen LogP contribution in [0.15, 0.2) is 28.2 Å². The van der Waals surface area contributed by atoms with Crippen LogP contribution < -0.4 is 0 Å². The van der Waals surface area contributed by atoms with E-state index in [2.05, 4.69) is 17.0 Å². The van der Waals surface area contributed by atoms with Crippen molar-refractivity contribution in [3.05, 3.63) is 29.6 Å². The molecule has 19 heavy (non-hydrogen) atoms. The Morgan fingerprint density at radius 2 is 2.00 bits per heavy atom. The maximum Gasteiger partial charge on any atom is 0.137 e. The fourth-order valence-corrected chi connectivity index (χ4v) is 3.48. The molecule has 0 aliphatic carbocycles. The van der Waals surface area contributed by atoms with Crippen LogP contribution in [-0.4, -0.2) is 54.6 Å². The molecule has 0 spiro atoms. The van der Waals surface area contributed by atoms with E-state index >= 15 is 0 Å². The summed E-state index contributed by atoms with van der Waals surface area (Å²) in [5.74, 6) is 0.800. The predicted molar refractivity (Wildman–Crippen MR) is 77.3 cm³/mol. The summed E-state index contributed by atoms with van der Waals surface area (Å²) in [4.78, 5) is 3.07. The second-order valence-electron chi connectivity index (χ2n) is 5.02. The van der Waals surface area contributed by atoms with Gasteiger partial charge in [-0.05, 0) is 13.1 Å². The van der Waals surface area contributed by atoms with Gasteiger partial charge in [-0.2, -0.15) is 5.10 Å². The zero-order valence-corrected chi connectivity index (χ0v) is 11.9. The van der Waals surface area contributed by atoms with Gasteiger partial charge >= 0.3 is 0 Å². The molecule has 2 heterocycles. The summed E-state index contributed by atoms with van der Waals surface area (Å²) in [5.41, 5.74) is 2.02. The molecule has 2 aliphatic rings. The summed E-state index contributed by atoms with van der Waals surface area (Å²) >= 11 is 1.60. The predicted octanol–water partition coefficient (Wildman–Crippen LogP) is 2.27. The largest absolute Gasteiger partial charge is 0.303 e. The molecule has 0 atom stereocenters. The minimum Gasteiger partial charge on any atom is -0.303 e. The van der Waals surface area contributed by atoms with E-state index in [4.69, 9.17) is 5.10 Å². The van der Waals surface area contributed by atoms with Gasteiger partial charge in [0, 0.05) is 43.9 Å². The second-order valence-corrected chi connectivity index (χ2v) is 6.12. The Morgan fingerprint density at radius 1 is 1.21 bits per heavy atom. The van der Waals surface area contributed by atoms with Crippen LogP contribution in [0.5, 0.6) is 0 Å². The lowest BCUT2D eigenvalue weighted by molar-refractivity contribution is 0.159. The molecule has 3 nitrogen and oxygen atoms in total. The number of piperazine rings is 1. The number of thioether (sulfide) groups is 1. The summed E-state index contributed by atoms with van der Waals surface area (Å²) in [6.07, 6.45) is 0.924. The summed E-state index contributed by atoms with van der Waals surface area (Å²) in [6.45, 7) is 4.00. The minimum atomic E-state index is -0.117. The third-order valence-corrected chi connectivity index (χ3v) is 4.72. The van der Waals surface area contributed by atoms with Crippen molar-refractivity contribution in [2.24, 2.45) is 5.10 Å². The van der Waals surface area contributed by atoms with E-state index in [1.807, 2.05) is 6.07 Å². The minimum absolute atomic E-state index is 0.117. The third kappa shape index (κ3) is 2.77. The molecule has 0 saturated carbocycles. The molecule has 1 fully saturated rings. The summed E-state index contributed by atoms with van der Waals surface area (Å²) in [6, 6.07) is 5.30. The molecule has 0 N–H and O–H groups in total. The maximum absolute atomic E-state index is 13.8. The fraction of sp³-hybridized carbons (Fsp3) is 0.500. The van der Waals surface area contributed by atoms with Crippen molar-refractivity contribution in [3.8, 4) is 0 Å². The maximum atomic E-state index is 13.8. The molecule has 0 unspecified atom stereocenters. The van der Waals surface area contributed by atoms with E-state index in [1.165, 1.54) is 6.07 Å². The molecule has 1 aromatic rings. The molecule has 1 aromatic carbocycles. The number of hydrogen-bond donors (Lipinski definition) is 0. The van der Waals surface area contributed by atoms with Gasteiger partial charge in [0.2, 0.25) is 0 Å². The standard InChI is InChI=1S/C14H18FN3S/c1-17-6-8-18(9-7-17)16-13-5-10-19-14-11(13)3-2-4-12(14)15/h2-4H,5-10H2,1H3. The summed E-state index contributed by atoms with van der Waals surface area (Å²) in [7, 11) is 2.13. The topological polar surface area (TPSA) is 18.8 Å². The molecule has 1 saturated heterocycles. The SMILES string of the molecule is CN1CCN(N=C2CCSc3c(F)cccc32)CC1. The van der Waals surface area contributed by atoms with Crippen LogP contribution >= 0.6 is 11.8 Å². The van der Waals surface area contributed by atoms with E-state index in [-0.39, 0.29) is 5.82 Å². The number of fused-ring (bicyclic) bond motifs is 1. The Balaban J connectivity index is 1.85. The number of nitrogens with zero attached hydrogens (tertiary/aromatic N) is 3. The van der Waals surface area contributed by atoms with E-state index in [9.17, 15) is 4.39 Å². The lowest BCUT2D eigenvalue weighted by Crippen LogP contribution is -2.42. The average molecular weight is 279 g/mol. The summed E-state index contributed by atoms with van der Waals surface area (Å²) < 4.78 is 13.8. The van der Waals surface area contributed by atoms with Crippen LogP contribution in [0.4, 0.5) is 4.39 Å². The quantitative estimate of drug-likeness (QED) is 0.786. The molecule has 2 aliphatic heterocycles. The zero-order valence-electron chi connectivity index (χ0n) is 11.1. The number of benzene rings is 1. The Hall–Kier alpha value is -1.07. The fourth-order valence-electron chi connectivity index (χ4n) is 2.44. The van der Waals surface area contributed by atoms with Crippen molar-refractivity contribution in [3.63, 3.8) is 0 Å². The van der Waals surface area contributed by atoms with Gasteiger partial charge in [-0.15, -0.1) is 11.8 Å². The van der Waals surface area contributed by atoms with Crippen molar-refractivity contribution < 1.29 is 4.39 Å². The van der Waals surface area contributed by atoms with E-state index < -0.39 is 0 Å². The number of halogens is 1. The van der Waals surface area contributed by atoms with Gasteiger partial charge in [0.15, 0.2) is 0 Å². The molecular weight excluding hydrogens is 261 g/mol. The van der Waals surface area contributed by atoms with Gasteiger partial charge < -0.3 is 4.90 Å². The zero-order chi connectivity index (χ0) is 13.2. The highest BCUT2D eigenvalue weighted by Gasteiger charge is 2.21. The highest BCUT2D eigenvalue weighted by Crippen LogP contribution is 2.32. The van der Waals surface area contributed by atoms with Crippen LogP contribution in [0, 0.1) is 5.82 Å². The van der Waals surface area contributed by atoms with Crippen LogP contribution in [0.25, 0.3) is 0 Å². The number of hydrogen-bond acceptors (Lipinski definition) is 4. The van der Waals surface area contributed by atoms with Crippen molar-refractivity contribution in [1.82, 2.24) is 9.91 Å². The Bertz CT molecular complexity index is 495. The van der Waals surface area contributed by atoms with Crippen LogP contribution in [0.2, 0.25) is 0 Å². The normalized spacial score (nSPS) is 22.6. The molecule has 0 bridgehead atoms. The molecule has 102 valence electrons. The van der Waals surface area contributed by atoms with Gasteiger partial charge in [0.1, 0.15) is 5.82 Å². The monoisotopic (exact) mass is 279 g/mol. The first-order valence-electron chi connectivity index (χ1n) is 6.67. The molecule has 0 aromatic heterocycles. The molecular formula is C14H18FN3S. The summed E-state index contributed by atoms with van der Waals surface area (Å²) in [5, 5.41) is 6.88. The second kappa shape index (κ2) is 5.51. The molecule has 0 radical (unpaired) electrons. The van der Waals surface area contributed by atoms with Crippen molar-refractivity contribution in [2.75, 3.05) is 39.0 Å². The van der Waals surface area contributed by atoms with Gasteiger partial charge in [-0.1, -0.05) is 12.1 Å². The number of hydrazone groups is 1.